The molecule has 1 fully saturated rings. The number of carbonyl (C=O) groups excluding carboxylic acids is 2. The van der Waals surface area contributed by atoms with Crippen LogP contribution in [0.2, 0.25) is 0 Å². The van der Waals surface area contributed by atoms with Crippen molar-refractivity contribution in [2.45, 2.75) is 64.0 Å². The fourth-order valence-corrected chi connectivity index (χ4v) is 3.72. The molecule has 0 saturated carbocycles. The maximum atomic E-state index is 11.8. The van der Waals surface area contributed by atoms with Gasteiger partial charge in [0, 0.05) is 40.3 Å². The van der Waals surface area contributed by atoms with E-state index < -0.39 is 24.5 Å². The number of hydrogen-bond donors (Lipinski definition) is 4. The zero-order chi connectivity index (χ0) is 26.6. The summed E-state index contributed by atoms with van der Waals surface area (Å²) >= 11 is 0. The van der Waals surface area contributed by atoms with Gasteiger partial charge in [-0.2, -0.15) is 0 Å². The van der Waals surface area contributed by atoms with E-state index in [0.717, 1.165) is 0 Å². The molecule has 0 spiro atoms. The molecule has 4 atom stereocenters. The number of anilines is 1. The van der Waals surface area contributed by atoms with Crippen molar-refractivity contribution in [1.29, 1.82) is 0 Å². The predicted molar refractivity (Wildman–Crippen MR) is 129 cm³/mol. The summed E-state index contributed by atoms with van der Waals surface area (Å²) in [4.78, 5) is 35.9. The Morgan fingerprint density at radius 2 is 1.92 bits per heavy atom. The van der Waals surface area contributed by atoms with Crippen LogP contribution in [0, 0.1) is 0 Å². The zero-order valence-electron chi connectivity index (χ0n) is 21.5. The largest absolute Gasteiger partial charge is 0.388 e. The van der Waals surface area contributed by atoms with Gasteiger partial charge in [-0.3, -0.25) is 14.2 Å². The summed E-state index contributed by atoms with van der Waals surface area (Å²) in [6.07, 6.45) is 0.270. The van der Waals surface area contributed by atoms with E-state index in [-0.39, 0.29) is 31.4 Å². The minimum atomic E-state index is -1.20. The maximum Gasteiger partial charge on any atom is 0.220 e. The third-order valence-electron chi connectivity index (χ3n) is 5.63. The smallest absolute Gasteiger partial charge is 0.220 e. The lowest BCUT2D eigenvalue weighted by Gasteiger charge is -2.16. The molecule has 1 unspecified atom stereocenters. The number of ketones is 1. The van der Waals surface area contributed by atoms with Crippen LogP contribution in [0.4, 0.5) is 5.82 Å². The van der Waals surface area contributed by atoms with Gasteiger partial charge in [-0.05, 0) is 20.2 Å². The molecule has 1 aliphatic heterocycles. The number of rotatable bonds is 16. The van der Waals surface area contributed by atoms with Crippen LogP contribution in [0.5, 0.6) is 0 Å². The van der Waals surface area contributed by atoms with Crippen LogP contribution in [0.3, 0.4) is 0 Å². The van der Waals surface area contributed by atoms with Crippen molar-refractivity contribution in [2.24, 2.45) is 0 Å². The predicted octanol–water partition coefficient (Wildman–Crippen LogP) is 0.176. The lowest BCUT2D eigenvalue weighted by molar-refractivity contribution is -0.125. The molecule has 1 amide bonds. The van der Waals surface area contributed by atoms with E-state index in [1.165, 1.54) is 17.2 Å². The number of amides is 1. The Kier molecular flexibility index (Phi) is 10.3. The highest BCUT2D eigenvalue weighted by Gasteiger charge is 2.42. The molecule has 2 aromatic heterocycles. The van der Waals surface area contributed by atoms with Gasteiger partial charge in [0.15, 0.2) is 23.2 Å². The molecule has 200 valence electrons. The first-order chi connectivity index (χ1) is 18.0. The summed E-state index contributed by atoms with van der Waals surface area (Å²) in [5, 5.41) is 26.2. The second kappa shape index (κ2) is 14.1. The van der Waals surface area contributed by atoms with Crippen LogP contribution < -0.4 is 10.6 Å². The van der Waals surface area contributed by atoms with Crippen molar-refractivity contribution in [2.75, 3.05) is 44.8 Å². The molecule has 1 aliphatic rings. The number of carbonyl (C=O) groups is 2. The average Bonchev–Trinajstić information content (AvgIpc) is 3.45. The molecule has 0 aromatic carbocycles. The lowest BCUT2D eigenvalue weighted by Crippen LogP contribution is -2.30. The third kappa shape index (κ3) is 7.64. The summed E-state index contributed by atoms with van der Waals surface area (Å²) in [6.45, 7) is 4.35. The standard InChI is InChI=1S/C23H36N6O7/c1-3-24-17(31)7-6-16(30)5-4-9-34-11-12-35-10-8-25-21-18-22(27-13-26-21)29(14-28-18)23-20(33)19(32)15(2)36-23/h13-15,19-20,23,32-33H,3-12H2,1-2H3,(H,24,31)(H,25,26,27)/t15-,19?,20+,23-/m1/s1/i2D. The van der Waals surface area contributed by atoms with Crippen LogP contribution in [0.25, 0.3) is 11.2 Å². The van der Waals surface area contributed by atoms with Crippen LogP contribution in [0.1, 0.15) is 47.1 Å². The van der Waals surface area contributed by atoms with Crippen LogP contribution in [-0.2, 0) is 23.8 Å². The zero-order valence-corrected chi connectivity index (χ0v) is 20.5. The van der Waals surface area contributed by atoms with Crippen LogP contribution >= 0.6 is 0 Å². The number of ether oxygens (including phenoxy) is 3. The second-order valence-electron chi connectivity index (χ2n) is 8.34. The molecule has 3 rings (SSSR count). The number of nitrogens with one attached hydrogen (secondary N) is 2. The molecule has 13 nitrogen and oxygen atoms in total. The molecule has 0 aliphatic carbocycles. The van der Waals surface area contributed by atoms with Crippen molar-refractivity contribution in [1.82, 2.24) is 24.8 Å². The average molecular weight is 510 g/mol. The van der Waals surface area contributed by atoms with E-state index in [9.17, 15) is 19.8 Å². The fraction of sp³-hybridized carbons (Fsp3) is 0.696. The number of fused-ring (bicyclic) bond motifs is 1. The van der Waals surface area contributed by atoms with Crippen LogP contribution in [-0.4, -0.2) is 99.3 Å². The Morgan fingerprint density at radius 1 is 1.11 bits per heavy atom. The van der Waals surface area contributed by atoms with Gasteiger partial charge in [-0.25, -0.2) is 15.0 Å². The molecule has 0 radical (unpaired) electrons. The van der Waals surface area contributed by atoms with Gasteiger partial charge in [0.1, 0.15) is 24.3 Å². The number of aromatic nitrogens is 4. The summed E-state index contributed by atoms with van der Waals surface area (Å²) < 4.78 is 25.6. The van der Waals surface area contributed by atoms with E-state index in [1.54, 1.807) is 0 Å². The number of aliphatic hydroxyl groups is 2. The van der Waals surface area contributed by atoms with Crippen molar-refractivity contribution in [3.63, 3.8) is 0 Å². The Hall–Kier alpha value is -2.71. The number of aliphatic hydroxyl groups excluding tert-OH is 2. The van der Waals surface area contributed by atoms with E-state index in [0.29, 0.717) is 69.3 Å². The van der Waals surface area contributed by atoms with Gasteiger partial charge in [-0.1, -0.05) is 0 Å². The van der Waals surface area contributed by atoms with Gasteiger partial charge in [0.05, 0.1) is 32.3 Å². The normalized spacial score (nSPS) is 22.0. The van der Waals surface area contributed by atoms with Crippen molar-refractivity contribution in [3.05, 3.63) is 12.7 Å². The van der Waals surface area contributed by atoms with Crippen molar-refractivity contribution in [3.8, 4) is 0 Å². The van der Waals surface area contributed by atoms with Gasteiger partial charge >= 0.3 is 0 Å². The highest BCUT2D eigenvalue weighted by Crippen LogP contribution is 2.31. The van der Waals surface area contributed by atoms with Gasteiger partial charge in [0.25, 0.3) is 0 Å². The third-order valence-corrected chi connectivity index (χ3v) is 5.63. The quantitative estimate of drug-likeness (QED) is 0.228. The van der Waals surface area contributed by atoms with Crippen LogP contribution in [0.15, 0.2) is 12.7 Å². The highest BCUT2D eigenvalue weighted by atomic mass is 16.6. The monoisotopic (exact) mass is 509 g/mol. The van der Waals surface area contributed by atoms with E-state index >= 15 is 0 Å². The number of hydrogen-bond acceptors (Lipinski definition) is 11. The topological polar surface area (TPSA) is 170 Å². The lowest BCUT2D eigenvalue weighted by atomic mass is 10.1. The molecule has 13 heteroatoms. The first kappa shape index (κ1) is 26.4. The summed E-state index contributed by atoms with van der Waals surface area (Å²) in [5.41, 5.74) is 0.905. The molecular formula is C23H36N6O7. The van der Waals surface area contributed by atoms with Gasteiger partial charge in [0.2, 0.25) is 5.91 Å². The SMILES string of the molecule is [2H]C[C@H]1O[C@@H](n2cnc3c(NCCOCCOCCCC(=O)CCC(=O)NCC)ncnc32)[C@@H](O)C1O. The van der Waals surface area contributed by atoms with E-state index in [1.807, 2.05) is 6.92 Å². The molecule has 0 bridgehead atoms. The molecule has 4 N–H and O–H groups in total. The molecular weight excluding hydrogens is 472 g/mol. The van der Waals surface area contributed by atoms with E-state index in [2.05, 4.69) is 25.6 Å². The van der Waals surface area contributed by atoms with E-state index in [4.69, 9.17) is 15.6 Å². The molecule has 36 heavy (non-hydrogen) atoms. The molecule has 1 saturated heterocycles. The first-order valence-corrected chi connectivity index (χ1v) is 12.1. The Bertz CT molecular complexity index is 1010. The second-order valence-corrected chi connectivity index (χ2v) is 8.34. The summed E-state index contributed by atoms with van der Waals surface area (Å²) in [5.74, 6) is 0.448. The fourth-order valence-electron chi connectivity index (χ4n) is 3.72. The number of imidazole rings is 1. The maximum absolute atomic E-state index is 11.8. The number of nitrogens with zero attached hydrogens (tertiary/aromatic N) is 4. The van der Waals surface area contributed by atoms with Crippen molar-refractivity contribution < 1.29 is 35.4 Å². The summed E-state index contributed by atoms with van der Waals surface area (Å²) in [7, 11) is 0. The number of Topliss-reactive ketones (excluding diaryl/α,β-unsaturated/α-hetero) is 1. The molecule has 3 heterocycles. The highest BCUT2D eigenvalue weighted by molar-refractivity contribution is 5.85. The first-order valence-electron chi connectivity index (χ1n) is 12.8. The van der Waals surface area contributed by atoms with Gasteiger partial charge < -0.3 is 35.1 Å². The Morgan fingerprint density at radius 3 is 2.67 bits per heavy atom. The van der Waals surface area contributed by atoms with Crippen molar-refractivity contribution >= 4 is 28.7 Å². The minimum Gasteiger partial charge on any atom is -0.388 e. The Balaban J connectivity index is 1.30. The Labute approximate surface area is 211 Å². The minimum absolute atomic E-state index is 0.0578. The summed E-state index contributed by atoms with van der Waals surface area (Å²) in [6, 6.07) is 0. The van der Waals surface area contributed by atoms with Gasteiger partial charge in [-0.15, -0.1) is 0 Å². The molecule has 2 aromatic rings.